The van der Waals surface area contributed by atoms with Crippen LogP contribution in [0.15, 0.2) is 101 Å². The predicted molar refractivity (Wildman–Crippen MR) is 250 cm³/mol. The van der Waals surface area contributed by atoms with Crippen molar-refractivity contribution in [1.82, 2.24) is 39.7 Å². The van der Waals surface area contributed by atoms with E-state index in [-0.39, 0.29) is 35.7 Å². The third-order valence-electron chi connectivity index (χ3n) is 12.0. The summed E-state index contributed by atoms with van der Waals surface area (Å²) in [5.74, 6) is 2.40. The molecule has 0 radical (unpaired) electrons. The molecule has 6 heterocycles. The minimum atomic E-state index is -0.422. The Morgan fingerprint density at radius 2 is 1.18 bits per heavy atom. The maximum absolute atomic E-state index is 14.0. The van der Waals surface area contributed by atoms with E-state index in [1.54, 1.807) is 12.4 Å². The number of carbonyl (C=O) groups is 2. The number of nitrogens with one attached hydrogen (secondary N) is 3. The highest BCUT2D eigenvalue weighted by Crippen LogP contribution is 2.35. The summed E-state index contributed by atoms with van der Waals surface area (Å²) in [6, 6.07) is 19.8. The zero-order valence-corrected chi connectivity index (χ0v) is 37.8. The number of anilines is 2. The van der Waals surface area contributed by atoms with E-state index in [0.29, 0.717) is 28.5 Å². The zero-order chi connectivity index (χ0) is 43.3. The lowest BCUT2D eigenvalue weighted by molar-refractivity contribution is -0.134. The standard InChI is InChI=1S/C47H55N11O2S2/c1-28(2)41(53-39-19-21-48-46(55-39)61-5)44(59)57-23-7-9-37(57)35-25-34(26-50-35)32-13-11-30(12-14-32)31-15-17-33(18-16-31)36-27-51-43(52-36)38-10-8-24-58(38)45(60)42(29(3)4)54-40-20-22-49-47(56-40)62-6/h11-22,26-29,37-38,41-42H,7-10,23-25H2,1-6H3,(H,51,52)(H,48,53,55)(H,49,54,56)/t37-,38-,41-,42-/m0/s1. The molecule has 0 aliphatic carbocycles. The van der Waals surface area contributed by atoms with Crippen LogP contribution in [0.1, 0.15) is 77.2 Å². The molecule has 2 fully saturated rings. The first-order valence-electron chi connectivity index (χ1n) is 21.5. The van der Waals surface area contributed by atoms with Gasteiger partial charge in [0.15, 0.2) is 10.3 Å². The number of hydrogen-bond acceptors (Lipinski definition) is 12. The lowest BCUT2D eigenvalue weighted by Crippen LogP contribution is -2.49. The summed E-state index contributed by atoms with van der Waals surface area (Å²) in [5, 5.41) is 8.13. The highest BCUT2D eigenvalue weighted by Gasteiger charge is 2.39. The first kappa shape index (κ1) is 43.1. The third kappa shape index (κ3) is 9.43. The van der Waals surface area contributed by atoms with Crippen LogP contribution in [0.2, 0.25) is 0 Å². The average Bonchev–Trinajstić information content (AvgIpc) is 4.14. The van der Waals surface area contributed by atoms with Crippen molar-refractivity contribution in [3.8, 4) is 22.4 Å². The highest BCUT2D eigenvalue weighted by molar-refractivity contribution is 7.98. The van der Waals surface area contributed by atoms with Gasteiger partial charge < -0.3 is 25.4 Å². The molecule has 0 unspecified atom stereocenters. The van der Waals surface area contributed by atoms with Gasteiger partial charge in [0.2, 0.25) is 11.8 Å². The number of thioether (sulfide) groups is 2. The molecule has 2 aromatic carbocycles. The van der Waals surface area contributed by atoms with Gasteiger partial charge in [-0.2, -0.15) is 0 Å². The molecule has 2 saturated heterocycles. The minimum Gasteiger partial charge on any atom is -0.358 e. The van der Waals surface area contributed by atoms with Crippen LogP contribution in [0.4, 0.5) is 11.6 Å². The summed E-state index contributed by atoms with van der Waals surface area (Å²) in [7, 11) is 0. The number of hydrogen-bond donors (Lipinski definition) is 3. The van der Waals surface area contributed by atoms with Gasteiger partial charge in [0.25, 0.3) is 0 Å². The second kappa shape index (κ2) is 19.2. The molecule has 15 heteroatoms. The maximum Gasteiger partial charge on any atom is 0.245 e. The fraction of sp³-hybridized carbons (Fsp3) is 0.404. The van der Waals surface area contributed by atoms with Gasteiger partial charge in [-0.1, -0.05) is 99.7 Å². The Morgan fingerprint density at radius 1 is 0.677 bits per heavy atom. The number of aliphatic imine (C=N–C) groups is 1. The molecular formula is C47H55N11O2S2. The largest absolute Gasteiger partial charge is 0.358 e. The number of rotatable bonds is 15. The number of aromatic nitrogens is 6. The van der Waals surface area contributed by atoms with Crippen LogP contribution < -0.4 is 10.6 Å². The smallest absolute Gasteiger partial charge is 0.245 e. The molecule has 0 saturated carbocycles. The zero-order valence-electron chi connectivity index (χ0n) is 36.2. The Bertz CT molecular complexity index is 2430. The normalized spacial score (nSPS) is 18.6. The monoisotopic (exact) mass is 869 g/mol. The van der Waals surface area contributed by atoms with Crippen molar-refractivity contribution in [1.29, 1.82) is 0 Å². The minimum absolute atomic E-state index is 0.0151. The van der Waals surface area contributed by atoms with E-state index in [2.05, 4.69) is 112 Å². The van der Waals surface area contributed by atoms with Gasteiger partial charge in [0, 0.05) is 43.8 Å². The van der Waals surface area contributed by atoms with E-state index >= 15 is 0 Å². The highest BCUT2D eigenvalue weighted by atomic mass is 32.2. The molecule has 13 nitrogen and oxygen atoms in total. The van der Waals surface area contributed by atoms with Gasteiger partial charge in [-0.15, -0.1) is 0 Å². The number of allylic oxidation sites excluding steroid dienone is 1. The lowest BCUT2D eigenvalue weighted by atomic mass is 9.95. The summed E-state index contributed by atoms with van der Waals surface area (Å²) < 4.78 is 0. The number of imidazole rings is 1. The Balaban J connectivity index is 0.880. The quantitative estimate of drug-likeness (QED) is 0.0682. The first-order valence-corrected chi connectivity index (χ1v) is 23.9. The van der Waals surface area contributed by atoms with Gasteiger partial charge >= 0.3 is 0 Å². The molecule has 0 bridgehead atoms. The second-order valence-corrected chi connectivity index (χ2v) is 18.3. The molecule has 5 aromatic rings. The van der Waals surface area contributed by atoms with Crippen molar-refractivity contribution >= 4 is 58.3 Å². The van der Waals surface area contributed by atoms with Gasteiger partial charge in [0.05, 0.1) is 24.0 Å². The fourth-order valence-corrected chi connectivity index (χ4v) is 9.35. The molecule has 0 spiro atoms. The molecule has 322 valence electrons. The van der Waals surface area contributed by atoms with Crippen LogP contribution in [0.3, 0.4) is 0 Å². The van der Waals surface area contributed by atoms with Gasteiger partial charge in [0.1, 0.15) is 29.5 Å². The van der Waals surface area contributed by atoms with Gasteiger partial charge in [-0.05, 0) is 90.0 Å². The number of H-pyrrole nitrogens is 1. The van der Waals surface area contributed by atoms with Crippen LogP contribution in [0.25, 0.3) is 28.0 Å². The van der Waals surface area contributed by atoms with Gasteiger partial charge in [-0.3, -0.25) is 14.6 Å². The van der Waals surface area contributed by atoms with Gasteiger partial charge in [-0.25, -0.2) is 24.9 Å². The van der Waals surface area contributed by atoms with E-state index < -0.39 is 12.1 Å². The number of benzene rings is 2. The number of nitrogens with zero attached hydrogens (tertiary/aromatic N) is 8. The summed E-state index contributed by atoms with van der Waals surface area (Å²) in [6.07, 6.45) is 15.5. The summed E-state index contributed by atoms with van der Waals surface area (Å²) in [4.78, 5) is 63.0. The molecule has 4 atom stereocenters. The average molecular weight is 870 g/mol. The third-order valence-corrected chi connectivity index (χ3v) is 13.1. The number of aromatic amines is 1. The van der Waals surface area contributed by atoms with E-state index in [0.717, 1.165) is 83.7 Å². The maximum atomic E-state index is 14.0. The summed E-state index contributed by atoms with van der Waals surface area (Å²) in [5.41, 5.74) is 7.54. The van der Waals surface area contributed by atoms with Crippen LogP contribution in [-0.4, -0.2) is 101 Å². The van der Waals surface area contributed by atoms with E-state index in [1.165, 1.54) is 23.5 Å². The summed E-state index contributed by atoms with van der Waals surface area (Å²) >= 11 is 2.95. The number of amides is 2. The first-order chi connectivity index (χ1) is 30.1. The molecular weight excluding hydrogens is 815 g/mol. The van der Waals surface area contributed by atoms with Crippen LogP contribution in [0.5, 0.6) is 0 Å². The Labute approximate surface area is 372 Å². The molecule has 3 aromatic heterocycles. The van der Waals surface area contributed by atoms with E-state index in [9.17, 15) is 9.59 Å². The Morgan fingerprint density at radius 3 is 1.71 bits per heavy atom. The molecule has 3 N–H and O–H groups in total. The Kier molecular flexibility index (Phi) is 13.4. The number of likely N-dealkylation sites (tertiary alicyclic amines) is 2. The van der Waals surface area contributed by atoms with Crippen LogP contribution >= 0.6 is 23.5 Å². The lowest BCUT2D eigenvalue weighted by Gasteiger charge is -2.31. The van der Waals surface area contributed by atoms with E-state index in [4.69, 9.17) is 9.98 Å². The number of carbonyl (C=O) groups excluding carboxylic acids is 2. The van der Waals surface area contributed by atoms with Crippen molar-refractivity contribution in [3.63, 3.8) is 0 Å². The molecule has 3 aliphatic rings. The van der Waals surface area contributed by atoms with Crippen molar-refractivity contribution in [2.24, 2.45) is 16.8 Å². The predicted octanol–water partition coefficient (Wildman–Crippen LogP) is 8.88. The molecule has 3 aliphatic heterocycles. The van der Waals surface area contributed by atoms with Crippen molar-refractivity contribution in [2.75, 3.05) is 36.2 Å². The fourth-order valence-electron chi connectivity index (χ4n) is 8.63. The molecule has 2 amide bonds. The SMILES string of the molecule is CSc1nccc(N[C@H](C(=O)N2CCC[C@H]2C2=NC=C(c3ccc(-c4ccc(-c5cnc([C@@H]6CCCN6C(=O)[C@@H](Nc6ccnc(SC)n6)C(C)C)[nH]5)cc4)cc3)C2)C(C)C)n1. The van der Waals surface area contributed by atoms with Crippen molar-refractivity contribution in [2.45, 2.75) is 94.3 Å². The Hall–Kier alpha value is -5.54. The van der Waals surface area contributed by atoms with Crippen molar-refractivity contribution in [3.05, 3.63) is 96.8 Å². The van der Waals surface area contributed by atoms with Crippen LogP contribution in [-0.2, 0) is 9.59 Å². The second-order valence-electron chi connectivity index (χ2n) is 16.8. The van der Waals surface area contributed by atoms with Crippen molar-refractivity contribution < 1.29 is 9.59 Å². The molecule has 8 rings (SSSR count). The topological polar surface area (TPSA) is 157 Å². The molecule has 62 heavy (non-hydrogen) atoms. The van der Waals surface area contributed by atoms with Crippen LogP contribution in [0, 0.1) is 11.8 Å². The summed E-state index contributed by atoms with van der Waals surface area (Å²) in [6.45, 7) is 9.66. The van der Waals surface area contributed by atoms with E-state index in [1.807, 2.05) is 46.8 Å².